The van der Waals surface area contributed by atoms with Crippen molar-refractivity contribution in [2.75, 3.05) is 5.33 Å². The lowest BCUT2D eigenvalue weighted by atomic mass is 9.84. The van der Waals surface area contributed by atoms with Crippen molar-refractivity contribution in [3.8, 4) is 0 Å². The molecule has 0 aliphatic rings. The first-order valence-corrected chi connectivity index (χ1v) is 8.65. The van der Waals surface area contributed by atoms with E-state index >= 15 is 0 Å². The third kappa shape index (κ3) is 5.46. The SMILES string of the molecule is CC(C)(C)c1ccc(C(=O)NC(CCBr)C(C)(C)C)cc1. The number of amides is 1. The normalized spacial score (nSPS) is 13.9. The van der Waals surface area contributed by atoms with Gasteiger partial charge < -0.3 is 5.32 Å². The Morgan fingerprint density at radius 2 is 1.62 bits per heavy atom. The smallest absolute Gasteiger partial charge is 0.251 e. The zero-order valence-corrected chi connectivity index (χ0v) is 15.7. The summed E-state index contributed by atoms with van der Waals surface area (Å²) in [5, 5.41) is 4.05. The number of hydrogen-bond donors (Lipinski definition) is 1. The van der Waals surface area contributed by atoms with E-state index in [1.54, 1.807) is 0 Å². The maximum absolute atomic E-state index is 12.4. The summed E-state index contributed by atoms with van der Waals surface area (Å²) >= 11 is 3.47. The lowest BCUT2D eigenvalue weighted by molar-refractivity contribution is 0.0900. The highest BCUT2D eigenvalue weighted by molar-refractivity contribution is 9.09. The van der Waals surface area contributed by atoms with Crippen LogP contribution in [0.3, 0.4) is 0 Å². The lowest BCUT2D eigenvalue weighted by Gasteiger charge is -2.31. The largest absolute Gasteiger partial charge is 0.349 e. The molecule has 118 valence electrons. The van der Waals surface area contributed by atoms with Crippen LogP contribution in [-0.2, 0) is 5.41 Å². The molecule has 0 radical (unpaired) electrons. The van der Waals surface area contributed by atoms with Crippen molar-refractivity contribution < 1.29 is 4.79 Å². The molecule has 0 bridgehead atoms. The molecule has 0 saturated carbocycles. The summed E-state index contributed by atoms with van der Waals surface area (Å²) < 4.78 is 0. The second-order valence-corrected chi connectivity index (χ2v) is 8.49. The fraction of sp³-hybridized carbons (Fsp3) is 0.611. The Labute approximate surface area is 137 Å². The van der Waals surface area contributed by atoms with Gasteiger partial charge in [-0.3, -0.25) is 4.79 Å². The van der Waals surface area contributed by atoms with Gasteiger partial charge in [0.25, 0.3) is 5.91 Å². The van der Waals surface area contributed by atoms with Gasteiger partial charge in [0.05, 0.1) is 0 Å². The number of nitrogens with one attached hydrogen (secondary N) is 1. The van der Waals surface area contributed by atoms with Gasteiger partial charge in [0, 0.05) is 16.9 Å². The second-order valence-electron chi connectivity index (χ2n) is 7.70. The number of hydrogen-bond acceptors (Lipinski definition) is 1. The summed E-state index contributed by atoms with van der Waals surface area (Å²) in [6.45, 7) is 13.0. The van der Waals surface area contributed by atoms with E-state index in [2.05, 4.69) is 62.8 Å². The molecular weight excluding hydrogens is 326 g/mol. The van der Waals surface area contributed by atoms with Crippen molar-refractivity contribution in [3.05, 3.63) is 35.4 Å². The molecule has 1 amide bonds. The number of carbonyl (C=O) groups excluding carboxylic acids is 1. The van der Waals surface area contributed by atoms with Gasteiger partial charge >= 0.3 is 0 Å². The molecule has 1 rings (SSSR count). The molecular formula is C18H28BrNO. The Kier molecular flexibility index (Phi) is 6.03. The number of halogens is 1. The van der Waals surface area contributed by atoms with Crippen LogP contribution in [0, 0.1) is 5.41 Å². The van der Waals surface area contributed by atoms with Gasteiger partial charge in [0.15, 0.2) is 0 Å². The van der Waals surface area contributed by atoms with Crippen molar-refractivity contribution in [3.63, 3.8) is 0 Å². The molecule has 0 fully saturated rings. The fourth-order valence-electron chi connectivity index (χ4n) is 2.19. The Balaban J connectivity index is 2.84. The highest BCUT2D eigenvalue weighted by Crippen LogP contribution is 2.24. The quantitative estimate of drug-likeness (QED) is 0.765. The average Bonchev–Trinajstić information content (AvgIpc) is 2.36. The van der Waals surface area contributed by atoms with E-state index in [4.69, 9.17) is 0 Å². The van der Waals surface area contributed by atoms with Gasteiger partial charge in [-0.1, -0.05) is 69.6 Å². The van der Waals surface area contributed by atoms with Crippen LogP contribution in [-0.4, -0.2) is 17.3 Å². The summed E-state index contributed by atoms with van der Waals surface area (Å²) in [6.07, 6.45) is 0.926. The fourth-order valence-corrected chi connectivity index (χ4v) is 2.65. The molecule has 2 nitrogen and oxygen atoms in total. The number of benzene rings is 1. The molecule has 1 aromatic carbocycles. The van der Waals surface area contributed by atoms with Gasteiger partial charge in [0.1, 0.15) is 0 Å². The van der Waals surface area contributed by atoms with Crippen LogP contribution < -0.4 is 5.32 Å². The summed E-state index contributed by atoms with van der Waals surface area (Å²) in [5.41, 5.74) is 2.13. The third-order valence-corrected chi connectivity index (χ3v) is 4.22. The summed E-state index contributed by atoms with van der Waals surface area (Å²) in [6, 6.07) is 8.09. The first-order valence-electron chi connectivity index (χ1n) is 7.53. The molecule has 0 spiro atoms. The van der Waals surface area contributed by atoms with Crippen molar-refractivity contribution >= 4 is 21.8 Å². The van der Waals surface area contributed by atoms with Gasteiger partial charge in [-0.05, 0) is 34.9 Å². The van der Waals surface area contributed by atoms with E-state index in [0.29, 0.717) is 0 Å². The molecule has 1 atom stereocenters. The van der Waals surface area contributed by atoms with Gasteiger partial charge in [-0.2, -0.15) is 0 Å². The van der Waals surface area contributed by atoms with E-state index in [9.17, 15) is 4.79 Å². The van der Waals surface area contributed by atoms with E-state index in [0.717, 1.165) is 17.3 Å². The van der Waals surface area contributed by atoms with Crippen molar-refractivity contribution in [2.24, 2.45) is 5.41 Å². The van der Waals surface area contributed by atoms with E-state index < -0.39 is 0 Å². The molecule has 0 saturated heterocycles. The molecule has 0 aliphatic heterocycles. The van der Waals surface area contributed by atoms with Crippen molar-refractivity contribution in [2.45, 2.75) is 59.4 Å². The zero-order chi connectivity index (χ0) is 16.3. The molecule has 1 unspecified atom stereocenters. The molecule has 0 aliphatic carbocycles. The molecule has 21 heavy (non-hydrogen) atoms. The first-order chi connectivity index (χ1) is 9.55. The van der Waals surface area contributed by atoms with Crippen LogP contribution in [0.1, 0.15) is 63.9 Å². The van der Waals surface area contributed by atoms with Crippen LogP contribution in [0.15, 0.2) is 24.3 Å². The van der Waals surface area contributed by atoms with Crippen LogP contribution in [0.25, 0.3) is 0 Å². The topological polar surface area (TPSA) is 29.1 Å². The molecule has 0 heterocycles. The van der Waals surface area contributed by atoms with Crippen LogP contribution in [0.5, 0.6) is 0 Å². The minimum atomic E-state index is 0.0105. The minimum absolute atomic E-state index is 0.0105. The standard InChI is InChI=1S/C18H28BrNO/c1-17(2,3)14-9-7-13(8-10-14)16(21)20-15(11-12-19)18(4,5)6/h7-10,15H,11-12H2,1-6H3,(H,20,21). The minimum Gasteiger partial charge on any atom is -0.349 e. The highest BCUT2D eigenvalue weighted by atomic mass is 79.9. The maximum atomic E-state index is 12.4. The van der Waals surface area contributed by atoms with E-state index in [1.165, 1.54) is 5.56 Å². The lowest BCUT2D eigenvalue weighted by Crippen LogP contribution is -2.44. The van der Waals surface area contributed by atoms with Gasteiger partial charge in [-0.15, -0.1) is 0 Å². The molecule has 3 heteroatoms. The Bertz CT molecular complexity index is 465. The predicted molar refractivity (Wildman–Crippen MR) is 94.3 cm³/mol. The Morgan fingerprint density at radius 1 is 1.10 bits per heavy atom. The second kappa shape index (κ2) is 6.95. The Morgan fingerprint density at radius 3 is 2.00 bits per heavy atom. The van der Waals surface area contributed by atoms with E-state index in [1.807, 2.05) is 24.3 Å². The molecule has 0 aromatic heterocycles. The zero-order valence-electron chi connectivity index (χ0n) is 14.1. The summed E-state index contributed by atoms with van der Waals surface area (Å²) in [5.74, 6) is 0.0105. The molecule has 1 aromatic rings. The number of carbonyl (C=O) groups is 1. The summed E-state index contributed by atoms with van der Waals surface area (Å²) in [7, 11) is 0. The molecule has 1 N–H and O–H groups in total. The van der Waals surface area contributed by atoms with Gasteiger partial charge in [-0.25, -0.2) is 0 Å². The average molecular weight is 354 g/mol. The highest BCUT2D eigenvalue weighted by Gasteiger charge is 2.26. The predicted octanol–water partition coefficient (Wildman–Crippen LogP) is 4.91. The third-order valence-electron chi connectivity index (χ3n) is 3.76. The van der Waals surface area contributed by atoms with Crippen molar-refractivity contribution in [1.82, 2.24) is 5.32 Å². The van der Waals surface area contributed by atoms with Crippen molar-refractivity contribution in [1.29, 1.82) is 0 Å². The van der Waals surface area contributed by atoms with E-state index in [-0.39, 0.29) is 22.8 Å². The number of alkyl halides is 1. The Hall–Kier alpha value is -0.830. The van der Waals surface area contributed by atoms with Crippen LogP contribution >= 0.6 is 15.9 Å². The van der Waals surface area contributed by atoms with Crippen LogP contribution in [0.4, 0.5) is 0 Å². The maximum Gasteiger partial charge on any atom is 0.251 e. The first kappa shape index (κ1) is 18.2. The number of rotatable bonds is 4. The van der Waals surface area contributed by atoms with Crippen LogP contribution in [0.2, 0.25) is 0 Å². The van der Waals surface area contributed by atoms with Gasteiger partial charge in [0.2, 0.25) is 0 Å². The summed E-state index contributed by atoms with van der Waals surface area (Å²) in [4.78, 5) is 12.4. The monoisotopic (exact) mass is 353 g/mol.